The molecule has 1 aromatic heterocycles. The molecule has 0 saturated carbocycles. The van der Waals surface area contributed by atoms with Crippen molar-refractivity contribution in [1.29, 1.82) is 0 Å². The minimum atomic E-state index is -0.835. The molecule has 0 spiro atoms. The van der Waals surface area contributed by atoms with Crippen molar-refractivity contribution in [2.45, 2.75) is 33.7 Å². The molecule has 36 heavy (non-hydrogen) atoms. The maximum absolute atomic E-state index is 13.5. The summed E-state index contributed by atoms with van der Waals surface area (Å²) in [6.45, 7) is 7.88. The summed E-state index contributed by atoms with van der Waals surface area (Å²) in [5.41, 5.74) is 5.95. The number of hydrogen-bond donors (Lipinski definition) is 1. The van der Waals surface area contributed by atoms with Gasteiger partial charge in [-0.1, -0.05) is 52.8 Å². The van der Waals surface area contributed by atoms with Crippen LogP contribution in [0.1, 0.15) is 39.4 Å². The Kier molecular flexibility index (Phi) is 5.88. The van der Waals surface area contributed by atoms with Crippen LogP contribution in [0.2, 0.25) is 0 Å². The first-order chi connectivity index (χ1) is 17.2. The number of benzene rings is 3. The number of aromatic nitrogens is 1. The fourth-order valence-corrected chi connectivity index (χ4v) is 5.68. The highest BCUT2D eigenvalue weighted by Crippen LogP contribution is 2.45. The minimum absolute atomic E-state index is 0.0149. The largest absolute Gasteiger partial charge is 0.507 e. The number of Topliss-reactive ketones (excluding diaryl/α,β-unsaturated/α-hetero) is 1. The fraction of sp³-hybridized carbons (Fsp3) is 0.207. The maximum Gasteiger partial charge on any atom is 0.301 e. The van der Waals surface area contributed by atoms with Gasteiger partial charge >= 0.3 is 5.91 Å². The monoisotopic (exact) mass is 498 g/mol. The van der Waals surface area contributed by atoms with E-state index in [0.717, 1.165) is 32.5 Å². The fourth-order valence-electron chi connectivity index (χ4n) is 4.61. The van der Waals surface area contributed by atoms with E-state index in [1.165, 1.54) is 23.3 Å². The number of hydrogen-bond acceptors (Lipinski definition) is 6. The van der Waals surface area contributed by atoms with Crippen LogP contribution in [0.25, 0.3) is 16.0 Å². The average Bonchev–Trinajstić information content (AvgIpc) is 3.36. The Balaban J connectivity index is 1.77. The summed E-state index contributed by atoms with van der Waals surface area (Å²) in [6, 6.07) is 16.1. The number of nitrogens with zero attached hydrogens (tertiary/aromatic N) is 2. The molecule has 1 unspecified atom stereocenters. The number of ketones is 1. The molecule has 1 atom stereocenters. The van der Waals surface area contributed by atoms with Crippen molar-refractivity contribution < 1.29 is 19.4 Å². The number of ether oxygens (including phenoxy) is 1. The molecular formula is C29H26N2O4S. The highest BCUT2D eigenvalue weighted by atomic mass is 32.1. The van der Waals surface area contributed by atoms with Gasteiger partial charge < -0.3 is 9.84 Å². The van der Waals surface area contributed by atoms with Crippen molar-refractivity contribution in [3.63, 3.8) is 0 Å². The highest BCUT2D eigenvalue weighted by molar-refractivity contribution is 7.22. The molecule has 2 heterocycles. The van der Waals surface area contributed by atoms with Gasteiger partial charge in [-0.15, -0.1) is 0 Å². The molecule has 3 aromatic carbocycles. The highest BCUT2D eigenvalue weighted by Gasteiger charge is 2.48. The molecule has 6 nitrogen and oxygen atoms in total. The van der Waals surface area contributed by atoms with Crippen LogP contribution in [0.5, 0.6) is 5.75 Å². The first-order valence-corrected chi connectivity index (χ1v) is 12.4. The zero-order chi connectivity index (χ0) is 25.7. The van der Waals surface area contributed by atoms with E-state index in [1.807, 2.05) is 70.2 Å². The predicted octanol–water partition coefficient (Wildman–Crippen LogP) is 6.16. The summed E-state index contributed by atoms with van der Waals surface area (Å²) < 4.78 is 6.39. The molecule has 1 amide bonds. The number of methoxy groups -OCH3 is 1. The Labute approximate surface area is 213 Å². The number of aliphatic hydroxyl groups is 1. The van der Waals surface area contributed by atoms with Gasteiger partial charge in [-0.25, -0.2) is 4.98 Å². The van der Waals surface area contributed by atoms with E-state index in [1.54, 1.807) is 12.1 Å². The number of fused-ring (bicyclic) bond motifs is 1. The second-order valence-electron chi connectivity index (χ2n) is 9.19. The van der Waals surface area contributed by atoms with E-state index >= 15 is 0 Å². The second kappa shape index (κ2) is 8.91. The second-order valence-corrected chi connectivity index (χ2v) is 10.2. The number of amides is 1. The quantitative estimate of drug-likeness (QED) is 0.207. The van der Waals surface area contributed by atoms with Crippen LogP contribution in [0.4, 0.5) is 5.13 Å². The third kappa shape index (κ3) is 3.85. The lowest BCUT2D eigenvalue weighted by molar-refractivity contribution is -0.132. The van der Waals surface area contributed by atoms with Crippen molar-refractivity contribution in [3.05, 3.63) is 93.6 Å². The Bertz CT molecular complexity index is 1540. The number of rotatable bonds is 4. The number of thiazole rings is 1. The molecule has 1 fully saturated rings. The van der Waals surface area contributed by atoms with E-state index in [-0.39, 0.29) is 11.3 Å². The smallest absolute Gasteiger partial charge is 0.301 e. The zero-order valence-electron chi connectivity index (χ0n) is 20.7. The normalized spacial score (nSPS) is 17.2. The Hall–Kier alpha value is -3.97. The molecule has 0 aliphatic carbocycles. The standard InChI is InChI=1S/C29H26N2O4S/c1-15-7-6-8-19(11-15)25-24(26(32)20-12-16(2)9-10-22(20)35-5)27(33)28(34)31(25)29-30-21-13-17(3)18(4)14-23(21)36-29/h6-14,25,32H,1-5H3/b26-24+. The molecule has 1 saturated heterocycles. The van der Waals surface area contributed by atoms with Gasteiger partial charge in [0, 0.05) is 0 Å². The first kappa shape index (κ1) is 23.8. The Morgan fingerprint density at radius 1 is 0.972 bits per heavy atom. The van der Waals surface area contributed by atoms with E-state index in [0.29, 0.717) is 22.0 Å². The van der Waals surface area contributed by atoms with Gasteiger partial charge in [0.25, 0.3) is 5.78 Å². The lowest BCUT2D eigenvalue weighted by Crippen LogP contribution is -2.29. The maximum atomic E-state index is 13.5. The predicted molar refractivity (Wildman–Crippen MR) is 143 cm³/mol. The van der Waals surface area contributed by atoms with Crippen molar-refractivity contribution >= 4 is 44.1 Å². The number of aliphatic hydroxyl groups excluding tert-OH is 1. The molecular weight excluding hydrogens is 472 g/mol. The number of aryl methyl sites for hydroxylation is 4. The summed E-state index contributed by atoms with van der Waals surface area (Å²) in [7, 11) is 1.50. The van der Waals surface area contributed by atoms with Crippen molar-refractivity contribution in [2.24, 2.45) is 0 Å². The van der Waals surface area contributed by atoms with Crippen LogP contribution in [0.3, 0.4) is 0 Å². The van der Waals surface area contributed by atoms with Gasteiger partial charge in [-0.2, -0.15) is 0 Å². The van der Waals surface area contributed by atoms with E-state index in [2.05, 4.69) is 0 Å². The summed E-state index contributed by atoms with van der Waals surface area (Å²) in [4.78, 5) is 33.2. The molecule has 1 N–H and O–H groups in total. The number of carbonyl (C=O) groups excluding carboxylic acids is 2. The Morgan fingerprint density at radius 3 is 2.42 bits per heavy atom. The molecule has 4 aromatic rings. The van der Waals surface area contributed by atoms with Crippen LogP contribution < -0.4 is 9.64 Å². The summed E-state index contributed by atoms with van der Waals surface area (Å²) >= 11 is 1.36. The SMILES string of the molecule is COc1ccc(C)cc1/C(O)=C1\C(=O)C(=O)N(c2nc3cc(C)c(C)cc3s2)C1c1cccc(C)c1. The van der Waals surface area contributed by atoms with Crippen LogP contribution in [0.15, 0.2) is 60.2 Å². The van der Waals surface area contributed by atoms with Crippen LogP contribution >= 0.6 is 11.3 Å². The topological polar surface area (TPSA) is 79.7 Å². The lowest BCUT2D eigenvalue weighted by atomic mass is 9.94. The van der Waals surface area contributed by atoms with E-state index in [9.17, 15) is 14.7 Å². The van der Waals surface area contributed by atoms with Crippen LogP contribution in [0, 0.1) is 27.7 Å². The van der Waals surface area contributed by atoms with Gasteiger partial charge in [0.05, 0.1) is 34.5 Å². The lowest BCUT2D eigenvalue weighted by Gasteiger charge is -2.23. The van der Waals surface area contributed by atoms with Gasteiger partial charge in [-0.05, 0) is 68.7 Å². The Morgan fingerprint density at radius 2 is 1.69 bits per heavy atom. The summed E-state index contributed by atoms with van der Waals surface area (Å²) in [5, 5.41) is 11.9. The van der Waals surface area contributed by atoms with Crippen molar-refractivity contribution in [2.75, 3.05) is 12.0 Å². The van der Waals surface area contributed by atoms with Gasteiger partial charge in [-0.3, -0.25) is 14.5 Å². The minimum Gasteiger partial charge on any atom is -0.507 e. The number of carbonyl (C=O) groups is 2. The molecule has 0 bridgehead atoms. The zero-order valence-corrected chi connectivity index (χ0v) is 21.6. The summed E-state index contributed by atoms with van der Waals surface area (Å²) in [5.74, 6) is -1.33. The molecule has 1 aliphatic rings. The van der Waals surface area contributed by atoms with Crippen molar-refractivity contribution in [3.8, 4) is 5.75 Å². The third-order valence-corrected chi connectivity index (χ3v) is 7.63. The van der Waals surface area contributed by atoms with Gasteiger partial charge in [0.15, 0.2) is 5.13 Å². The molecule has 182 valence electrons. The average molecular weight is 499 g/mol. The van der Waals surface area contributed by atoms with Crippen LogP contribution in [-0.2, 0) is 9.59 Å². The molecule has 0 radical (unpaired) electrons. The third-order valence-electron chi connectivity index (χ3n) is 6.61. The number of anilines is 1. The van der Waals surface area contributed by atoms with E-state index in [4.69, 9.17) is 9.72 Å². The molecule has 5 rings (SSSR count). The molecule has 1 aliphatic heterocycles. The van der Waals surface area contributed by atoms with Gasteiger partial charge in [0.1, 0.15) is 11.5 Å². The molecule has 7 heteroatoms. The van der Waals surface area contributed by atoms with E-state index < -0.39 is 17.7 Å². The summed E-state index contributed by atoms with van der Waals surface area (Å²) in [6.07, 6.45) is 0. The first-order valence-electron chi connectivity index (χ1n) is 11.6. The van der Waals surface area contributed by atoms with Crippen molar-refractivity contribution in [1.82, 2.24) is 4.98 Å². The van der Waals surface area contributed by atoms with Crippen LogP contribution in [-0.4, -0.2) is 28.9 Å². The van der Waals surface area contributed by atoms with Gasteiger partial charge in [0.2, 0.25) is 0 Å².